The second kappa shape index (κ2) is 8.20. The van der Waals surface area contributed by atoms with Gasteiger partial charge in [0.1, 0.15) is 5.76 Å². The summed E-state index contributed by atoms with van der Waals surface area (Å²) >= 11 is 6.06. The Bertz CT molecular complexity index is 691. The van der Waals surface area contributed by atoms with Crippen LogP contribution in [-0.4, -0.2) is 24.7 Å². The molecule has 0 saturated heterocycles. The zero-order valence-corrected chi connectivity index (χ0v) is 15.6. The number of benzene rings is 1. The third kappa shape index (κ3) is 4.51. The number of halogens is 1. The molecule has 2 aromatic rings. The summed E-state index contributed by atoms with van der Waals surface area (Å²) in [6.07, 6.45) is 0. The summed E-state index contributed by atoms with van der Waals surface area (Å²) in [6.45, 7) is 8.88. The average molecular weight is 349 g/mol. The number of nitrogens with one attached hydrogen (secondary N) is 2. The van der Waals surface area contributed by atoms with Gasteiger partial charge in [-0.05, 0) is 38.5 Å². The van der Waals surface area contributed by atoms with Gasteiger partial charge in [-0.15, -0.1) is 0 Å². The Morgan fingerprint density at radius 3 is 2.67 bits per heavy atom. The van der Waals surface area contributed by atoms with Crippen LogP contribution in [0.15, 0.2) is 33.8 Å². The highest BCUT2D eigenvalue weighted by Gasteiger charge is 2.17. The third-order valence-corrected chi connectivity index (χ3v) is 4.32. The van der Waals surface area contributed by atoms with Crippen LogP contribution in [0.25, 0.3) is 0 Å². The van der Waals surface area contributed by atoms with E-state index in [1.807, 2.05) is 38.1 Å². The molecule has 6 heteroatoms. The molecule has 0 aliphatic carbocycles. The lowest BCUT2D eigenvalue weighted by molar-refractivity contribution is 0.391. The Hall–Kier alpha value is -2.01. The van der Waals surface area contributed by atoms with Crippen molar-refractivity contribution in [2.75, 3.05) is 13.6 Å². The molecule has 0 aliphatic heterocycles. The first kappa shape index (κ1) is 18.3. The van der Waals surface area contributed by atoms with Gasteiger partial charge in [0.2, 0.25) is 0 Å². The van der Waals surface area contributed by atoms with Crippen molar-refractivity contribution in [3.63, 3.8) is 0 Å². The molecule has 2 atom stereocenters. The van der Waals surface area contributed by atoms with Crippen molar-refractivity contribution in [1.29, 1.82) is 0 Å². The summed E-state index contributed by atoms with van der Waals surface area (Å²) in [7, 11) is 1.76. The summed E-state index contributed by atoms with van der Waals surface area (Å²) in [4.78, 5) is 4.30. The van der Waals surface area contributed by atoms with Crippen LogP contribution in [0.2, 0.25) is 5.02 Å². The predicted molar refractivity (Wildman–Crippen MR) is 98.8 cm³/mol. The van der Waals surface area contributed by atoms with Crippen LogP contribution in [0.1, 0.15) is 48.4 Å². The quantitative estimate of drug-likeness (QED) is 0.634. The van der Waals surface area contributed by atoms with Crippen molar-refractivity contribution in [1.82, 2.24) is 15.8 Å². The second-order valence-corrected chi connectivity index (χ2v) is 6.45. The van der Waals surface area contributed by atoms with Gasteiger partial charge in [-0.2, -0.15) is 0 Å². The van der Waals surface area contributed by atoms with Crippen LogP contribution in [0.4, 0.5) is 0 Å². The molecule has 1 heterocycles. The molecule has 2 N–H and O–H groups in total. The lowest BCUT2D eigenvalue weighted by atomic mass is 10.00. The molecule has 2 unspecified atom stereocenters. The minimum absolute atomic E-state index is 0.101. The van der Waals surface area contributed by atoms with Crippen molar-refractivity contribution in [3.05, 3.63) is 51.9 Å². The fourth-order valence-corrected chi connectivity index (χ4v) is 3.00. The lowest BCUT2D eigenvalue weighted by Crippen LogP contribution is -2.40. The standard InChI is InChI=1S/C18H25ClN4O/c1-11(17-13(3)23-24-14(17)4)10-21-18(20-5)22-12(2)15-7-6-8-16(19)9-15/h6-9,11-12H,10H2,1-5H3,(H2,20,21,22). The van der Waals surface area contributed by atoms with Crippen LogP contribution in [-0.2, 0) is 0 Å². The van der Waals surface area contributed by atoms with E-state index in [9.17, 15) is 0 Å². The number of hydrogen-bond donors (Lipinski definition) is 2. The molecule has 2 rings (SSSR count). The smallest absolute Gasteiger partial charge is 0.191 e. The average Bonchev–Trinajstić information content (AvgIpc) is 2.89. The highest BCUT2D eigenvalue weighted by Crippen LogP contribution is 2.22. The Morgan fingerprint density at radius 2 is 2.08 bits per heavy atom. The minimum atomic E-state index is 0.101. The van der Waals surface area contributed by atoms with E-state index in [0.29, 0.717) is 0 Å². The minimum Gasteiger partial charge on any atom is -0.361 e. The molecule has 1 aromatic heterocycles. The number of aliphatic imine (C=N–C) groups is 1. The highest BCUT2D eigenvalue weighted by atomic mass is 35.5. The topological polar surface area (TPSA) is 62.5 Å². The number of aromatic nitrogens is 1. The van der Waals surface area contributed by atoms with E-state index < -0.39 is 0 Å². The van der Waals surface area contributed by atoms with Gasteiger partial charge in [0.15, 0.2) is 5.96 Å². The van der Waals surface area contributed by atoms with E-state index in [2.05, 4.69) is 34.6 Å². The fourth-order valence-electron chi connectivity index (χ4n) is 2.80. The van der Waals surface area contributed by atoms with E-state index in [4.69, 9.17) is 16.1 Å². The second-order valence-electron chi connectivity index (χ2n) is 6.01. The molecule has 0 fully saturated rings. The molecule has 0 spiro atoms. The number of rotatable bonds is 5. The molecule has 0 aliphatic rings. The van der Waals surface area contributed by atoms with Gasteiger partial charge in [-0.1, -0.05) is 35.8 Å². The summed E-state index contributed by atoms with van der Waals surface area (Å²) in [5.74, 6) is 1.90. The van der Waals surface area contributed by atoms with E-state index >= 15 is 0 Å². The Morgan fingerprint density at radius 1 is 1.33 bits per heavy atom. The summed E-state index contributed by atoms with van der Waals surface area (Å²) in [5, 5.41) is 11.5. The van der Waals surface area contributed by atoms with Gasteiger partial charge in [0.05, 0.1) is 11.7 Å². The molecular weight excluding hydrogens is 324 g/mol. The summed E-state index contributed by atoms with van der Waals surface area (Å²) in [5.41, 5.74) is 3.21. The molecule has 130 valence electrons. The lowest BCUT2D eigenvalue weighted by Gasteiger charge is -2.20. The Labute approximate surface area is 148 Å². The molecule has 0 saturated carbocycles. The van der Waals surface area contributed by atoms with Crippen molar-refractivity contribution < 1.29 is 4.52 Å². The normalized spacial score (nSPS) is 14.3. The first-order valence-corrected chi connectivity index (χ1v) is 8.45. The van der Waals surface area contributed by atoms with Gasteiger partial charge < -0.3 is 15.2 Å². The van der Waals surface area contributed by atoms with E-state index in [-0.39, 0.29) is 12.0 Å². The molecule has 0 amide bonds. The van der Waals surface area contributed by atoms with Gasteiger partial charge in [0.25, 0.3) is 0 Å². The molecule has 5 nitrogen and oxygen atoms in total. The van der Waals surface area contributed by atoms with Crippen molar-refractivity contribution >= 4 is 17.6 Å². The molecule has 0 radical (unpaired) electrons. The zero-order chi connectivity index (χ0) is 17.7. The first-order valence-electron chi connectivity index (χ1n) is 8.07. The SMILES string of the molecule is CN=C(NCC(C)c1c(C)noc1C)NC(C)c1cccc(Cl)c1. The summed E-state index contributed by atoms with van der Waals surface area (Å²) < 4.78 is 5.25. The van der Waals surface area contributed by atoms with E-state index in [1.165, 1.54) is 0 Å². The maximum absolute atomic E-state index is 6.06. The number of guanidine groups is 1. The Balaban J connectivity index is 1.95. The van der Waals surface area contributed by atoms with E-state index in [0.717, 1.165) is 40.1 Å². The maximum Gasteiger partial charge on any atom is 0.191 e. The van der Waals surface area contributed by atoms with Gasteiger partial charge >= 0.3 is 0 Å². The van der Waals surface area contributed by atoms with Crippen molar-refractivity contribution in [3.8, 4) is 0 Å². The van der Waals surface area contributed by atoms with Crippen molar-refractivity contribution in [2.24, 2.45) is 4.99 Å². The van der Waals surface area contributed by atoms with Gasteiger partial charge in [-0.25, -0.2) is 0 Å². The van der Waals surface area contributed by atoms with Gasteiger partial charge in [-0.3, -0.25) is 4.99 Å². The number of aryl methyl sites for hydroxylation is 2. The van der Waals surface area contributed by atoms with Crippen LogP contribution in [0, 0.1) is 13.8 Å². The zero-order valence-electron chi connectivity index (χ0n) is 14.9. The van der Waals surface area contributed by atoms with E-state index in [1.54, 1.807) is 7.05 Å². The van der Waals surface area contributed by atoms with Crippen LogP contribution in [0.5, 0.6) is 0 Å². The molecule has 24 heavy (non-hydrogen) atoms. The third-order valence-electron chi connectivity index (χ3n) is 4.08. The molecular formula is C18H25ClN4O. The molecule has 0 bridgehead atoms. The number of nitrogens with zero attached hydrogens (tertiary/aromatic N) is 2. The highest BCUT2D eigenvalue weighted by molar-refractivity contribution is 6.30. The van der Waals surface area contributed by atoms with Gasteiger partial charge in [0, 0.05) is 30.1 Å². The summed E-state index contributed by atoms with van der Waals surface area (Å²) in [6, 6.07) is 7.92. The largest absolute Gasteiger partial charge is 0.361 e. The van der Waals surface area contributed by atoms with Crippen LogP contribution >= 0.6 is 11.6 Å². The molecule has 1 aromatic carbocycles. The Kier molecular flexibility index (Phi) is 6.26. The fraction of sp³-hybridized carbons (Fsp3) is 0.444. The van der Waals surface area contributed by atoms with Crippen LogP contribution < -0.4 is 10.6 Å². The number of hydrogen-bond acceptors (Lipinski definition) is 3. The van der Waals surface area contributed by atoms with Crippen molar-refractivity contribution in [2.45, 2.75) is 39.7 Å². The van der Waals surface area contributed by atoms with Crippen LogP contribution in [0.3, 0.4) is 0 Å². The monoisotopic (exact) mass is 348 g/mol. The maximum atomic E-state index is 6.06. The predicted octanol–water partition coefficient (Wildman–Crippen LogP) is 3.97. The first-order chi connectivity index (χ1) is 11.4.